The normalized spacial score (nSPS) is 16.1. The van der Waals surface area contributed by atoms with Gasteiger partial charge in [-0.25, -0.2) is 0 Å². The van der Waals surface area contributed by atoms with Crippen LogP contribution in [0.3, 0.4) is 0 Å². The molecule has 1 aliphatic rings. The first-order valence-electron chi connectivity index (χ1n) is 7.18. The highest BCUT2D eigenvalue weighted by Crippen LogP contribution is 2.24. The molecule has 5 heteroatoms. The van der Waals surface area contributed by atoms with Crippen molar-refractivity contribution in [3.05, 3.63) is 23.8 Å². The number of nitrogens with one attached hydrogen (secondary N) is 2. The third-order valence-electron chi connectivity index (χ3n) is 3.62. The molecule has 0 atom stereocenters. The molecule has 1 heterocycles. The van der Waals surface area contributed by atoms with Crippen LogP contribution < -0.4 is 20.1 Å². The van der Waals surface area contributed by atoms with Crippen molar-refractivity contribution in [3.63, 3.8) is 0 Å². The Balaban J connectivity index is 1.75. The summed E-state index contributed by atoms with van der Waals surface area (Å²) in [4.78, 5) is 2.48. The predicted octanol–water partition coefficient (Wildman–Crippen LogP) is 0.699. The molecule has 2 N–H and O–H groups in total. The quantitative estimate of drug-likeness (QED) is 0.719. The molecule has 0 spiro atoms. The number of methoxy groups -OCH3 is 2. The number of nitrogens with zero attached hydrogens (tertiary/aromatic N) is 1. The molecule has 0 aromatic heterocycles. The molecule has 0 amide bonds. The molecule has 1 aromatic rings. The zero-order valence-corrected chi connectivity index (χ0v) is 12.4. The summed E-state index contributed by atoms with van der Waals surface area (Å²) in [5.74, 6) is 1.70. The second kappa shape index (κ2) is 8.09. The summed E-state index contributed by atoms with van der Waals surface area (Å²) in [5, 5.41) is 6.84. The lowest BCUT2D eigenvalue weighted by molar-refractivity contribution is 0.241. The average molecular weight is 279 g/mol. The fraction of sp³-hybridized carbons (Fsp3) is 0.600. The van der Waals surface area contributed by atoms with E-state index in [4.69, 9.17) is 9.47 Å². The van der Waals surface area contributed by atoms with E-state index in [1.807, 2.05) is 12.1 Å². The van der Waals surface area contributed by atoms with Gasteiger partial charge < -0.3 is 20.1 Å². The Hall–Kier alpha value is -1.30. The van der Waals surface area contributed by atoms with E-state index in [0.717, 1.165) is 62.9 Å². The first-order chi connectivity index (χ1) is 9.83. The number of ether oxygens (including phenoxy) is 2. The summed E-state index contributed by atoms with van der Waals surface area (Å²) in [5.41, 5.74) is 1.16. The van der Waals surface area contributed by atoms with E-state index in [1.165, 1.54) is 0 Å². The largest absolute Gasteiger partial charge is 0.497 e. The van der Waals surface area contributed by atoms with Gasteiger partial charge in [0.05, 0.1) is 14.2 Å². The molecule has 1 aromatic carbocycles. The third-order valence-corrected chi connectivity index (χ3v) is 3.62. The zero-order valence-electron chi connectivity index (χ0n) is 12.4. The van der Waals surface area contributed by atoms with E-state index in [9.17, 15) is 0 Å². The van der Waals surface area contributed by atoms with Crippen molar-refractivity contribution < 1.29 is 9.47 Å². The van der Waals surface area contributed by atoms with Gasteiger partial charge in [0.15, 0.2) is 0 Å². The first-order valence-corrected chi connectivity index (χ1v) is 7.18. The van der Waals surface area contributed by atoms with Gasteiger partial charge in [0.1, 0.15) is 11.5 Å². The lowest BCUT2D eigenvalue weighted by Gasteiger charge is -2.27. The van der Waals surface area contributed by atoms with E-state index >= 15 is 0 Å². The Morgan fingerprint density at radius 2 is 2.00 bits per heavy atom. The molecule has 0 bridgehead atoms. The first kappa shape index (κ1) is 15.1. The summed E-state index contributed by atoms with van der Waals surface area (Å²) in [7, 11) is 3.36. The second-order valence-electron chi connectivity index (χ2n) is 4.95. The molecular weight excluding hydrogens is 254 g/mol. The Morgan fingerprint density at radius 1 is 1.20 bits per heavy atom. The molecule has 0 radical (unpaired) electrons. The standard InChI is InChI=1S/C15H25N3O2/c1-19-14-4-3-13(15(11-14)20-2)12-17-7-10-18-8-5-16-6-9-18/h3-4,11,16-17H,5-10,12H2,1-2H3. The lowest BCUT2D eigenvalue weighted by Crippen LogP contribution is -2.45. The maximum Gasteiger partial charge on any atom is 0.127 e. The number of rotatable bonds is 7. The van der Waals surface area contributed by atoms with Crippen LogP contribution >= 0.6 is 0 Å². The highest BCUT2D eigenvalue weighted by Gasteiger charge is 2.09. The maximum absolute atomic E-state index is 5.40. The van der Waals surface area contributed by atoms with Crippen molar-refractivity contribution in [1.29, 1.82) is 0 Å². The van der Waals surface area contributed by atoms with Gasteiger partial charge in [-0.3, -0.25) is 4.90 Å². The monoisotopic (exact) mass is 279 g/mol. The van der Waals surface area contributed by atoms with Crippen LogP contribution in [-0.4, -0.2) is 58.4 Å². The topological polar surface area (TPSA) is 45.8 Å². The molecule has 5 nitrogen and oxygen atoms in total. The Morgan fingerprint density at radius 3 is 2.70 bits per heavy atom. The molecule has 0 aliphatic carbocycles. The molecule has 1 fully saturated rings. The van der Waals surface area contributed by atoms with Crippen LogP contribution in [0.2, 0.25) is 0 Å². The summed E-state index contributed by atoms with van der Waals surface area (Å²) in [6.45, 7) is 7.41. The molecule has 2 rings (SSSR count). The van der Waals surface area contributed by atoms with Crippen LogP contribution in [0.1, 0.15) is 5.56 Å². The number of hydrogen-bond acceptors (Lipinski definition) is 5. The lowest BCUT2D eigenvalue weighted by atomic mass is 10.2. The van der Waals surface area contributed by atoms with Crippen LogP contribution in [0.5, 0.6) is 11.5 Å². The van der Waals surface area contributed by atoms with Gasteiger partial charge in [-0.2, -0.15) is 0 Å². The van der Waals surface area contributed by atoms with E-state index in [-0.39, 0.29) is 0 Å². The van der Waals surface area contributed by atoms with Gasteiger partial charge in [-0.1, -0.05) is 6.07 Å². The molecular formula is C15H25N3O2. The average Bonchev–Trinajstić information content (AvgIpc) is 2.52. The third kappa shape index (κ3) is 4.37. The van der Waals surface area contributed by atoms with E-state index in [1.54, 1.807) is 14.2 Å². The SMILES string of the molecule is COc1ccc(CNCCN2CCNCC2)c(OC)c1. The van der Waals surface area contributed by atoms with Gasteiger partial charge in [-0.15, -0.1) is 0 Å². The Bertz CT molecular complexity index is 406. The van der Waals surface area contributed by atoms with Crippen molar-refractivity contribution in [3.8, 4) is 11.5 Å². The van der Waals surface area contributed by atoms with Crippen molar-refractivity contribution in [2.75, 3.05) is 53.5 Å². The van der Waals surface area contributed by atoms with Crippen LogP contribution in [-0.2, 0) is 6.54 Å². The fourth-order valence-electron chi connectivity index (χ4n) is 2.39. The fourth-order valence-corrected chi connectivity index (χ4v) is 2.39. The molecule has 20 heavy (non-hydrogen) atoms. The van der Waals surface area contributed by atoms with E-state index in [2.05, 4.69) is 21.6 Å². The van der Waals surface area contributed by atoms with E-state index < -0.39 is 0 Å². The zero-order chi connectivity index (χ0) is 14.2. The summed E-state index contributed by atoms with van der Waals surface area (Å²) in [6, 6.07) is 5.94. The van der Waals surface area contributed by atoms with Crippen molar-refractivity contribution >= 4 is 0 Å². The van der Waals surface area contributed by atoms with Crippen LogP contribution in [0, 0.1) is 0 Å². The van der Waals surface area contributed by atoms with Crippen molar-refractivity contribution in [1.82, 2.24) is 15.5 Å². The number of benzene rings is 1. The van der Waals surface area contributed by atoms with Crippen LogP contribution in [0.25, 0.3) is 0 Å². The molecule has 1 aliphatic heterocycles. The molecule has 112 valence electrons. The highest BCUT2D eigenvalue weighted by molar-refractivity contribution is 5.40. The Labute approximate surface area is 121 Å². The number of piperazine rings is 1. The maximum atomic E-state index is 5.40. The predicted molar refractivity (Wildman–Crippen MR) is 80.6 cm³/mol. The van der Waals surface area contributed by atoms with Gasteiger partial charge in [0.2, 0.25) is 0 Å². The summed E-state index contributed by atoms with van der Waals surface area (Å²) >= 11 is 0. The Kier molecular flexibility index (Phi) is 6.11. The minimum absolute atomic E-state index is 0.819. The van der Waals surface area contributed by atoms with E-state index in [0.29, 0.717) is 0 Å². The molecule has 1 saturated heterocycles. The molecule has 0 unspecified atom stereocenters. The van der Waals surface area contributed by atoms with Crippen molar-refractivity contribution in [2.45, 2.75) is 6.54 Å². The summed E-state index contributed by atoms with van der Waals surface area (Å²) in [6.07, 6.45) is 0. The van der Waals surface area contributed by atoms with Gasteiger partial charge in [-0.05, 0) is 6.07 Å². The minimum atomic E-state index is 0.819. The van der Waals surface area contributed by atoms with Gasteiger partial charge in [0, 0.05) is 57.4 Å². The summed E-state index contributed by atoms with van der Waals surface area (Å²) < 4.78 is 10.6. The van der Waals surface area contributed by atoms with Gasteiger partial charge in [0.25, 0.3) is 0 Å². The highest BCUT2D eigenvalue weighted by atomic mass is 16.5. The van der Waals surface area contributed by atoms with Crippen LogP contribution in [0.15, 0.2) is 18.2 Å². The van der Waals surface area contributed by atoms with Crippen LogP contribution in [0.4, 0.5) is 0 Å². The second-order valence-corrected chi connectivity index (χ2v) is 4.95. The number of hydrogen-bond donors (Lipinski definition) is 2. The van der Waals surface area contributed by atoms with Gasteiger partial charge >= 0.3 is 0 Å². The molecule has 0 saturated carbocycles. The van der Waals surface area contributed by atoms with Crippen molar-refractivity contribution in [2.24, 2.45) is 0 Å². The smallest absolute Gasteiger partial charge is 0.127 e. The minimum Gasteiger partial charge on any atom is -0.497 e.